The zero-order chi connectivity index (χ0) is 22.1. The maximum Gasteiger partial charge on any atom is 0.343 e. The van der Waals surface area contributed by atoms with E-state index >= 15 is 0 Å². The first-order chi connectivity index (χ1) is 14.2. The van der Waals surface area contributed by atoms with Gasteiger partial charge in [0, 0.05) is 18.4 Å². The molecule has 1 aromatic carbocycles. The Balaban J connectivity index is 2.06. The number of nitriles is 1. The van der Waals surface area contributed by atoms with Crippen LogP contribution < -0.4 is 15.2 Å². The predicted molar refractivity (Wildman–Crippen MR) is 106 cm³/mol. The fourth-order valence-electron chi connectivity index (χ4n) is 3.80. The minimum Gasteiger partial charge on any atom is -0.493 e. The number of benzene rings is 1. The summed E-state index contributed by atoms with van der Waals surface area (Å²) >= 11 is 0. The maximum atomic E-state index is 13.0. The first-order valence-electron chi connectivity index (χ1n) is 9.42. The molecule has 3 rings (SSSR count). The smallest absolute Gasteiger partial charge is 0.343 e. The van der Waals surface area contributed by atoms with E-state index in [-0.39, 0.29) is 29.3 Å². The van der Waals surface area contributed by atoms with Gasteiger partial charge >= 0.3 is 5.97 Å². The lowest BCUT2D eigenvalue weighted by atomic mass is 9.70. The van der Waals surface area contributed by atoms with Crippen LogP contribution in [-0.2, 0) is 19.1 Å². The Morgan fingerprint density at radius 3 is 2.67 bits per heavy atom. The molecule has 0 aromatic heterocycles. The van der Waals surface area contributed by atoms with Crippen LogP contribution in [0.4, 0.5) is 0 Å². The summed E-state index contributed by atoms with van der Waals surface area (Å²) < 4.78 is 21.1. The number of esters is 1. The second kappa shape index (κ2) is 8.11. The lowest BCUT2D eigenvalue weighted by Crippen LogP contribution is -2.33. The third-order valence-electron chi connectivity index (χ3n) is 5.17. The Morgan fingerprint density at radius 1 is 1.30 bits per heavy atom. The van der Waals surface area contributed by atoms with E-state index in [9.17, 15) is 14.9 Å². The number of nitrogens with two attached hydrogens (primary N) is 1. The molecule has 1 aliphatic carbocycles. The molecule has 0 saturated carbocycles. The molecule has 30 heavy (non-hydrogen) atoms. The number of methoxy groups -OCH3 is 2. The molecule has 1 aliphatic heterocycles. The minimum atomic E-state index is -0.661. The zero-order valence-electron chi connectivity index (χ0n) is 17.4. The first kappa shape index (κ1) is 21.2. The van der Waals surface area contributed by atoms with E-state index in [2.05, 4.69) is 10.8 Å². The number of allylic oxidation sites excluding steroid dienone is 3. The normalized spacial score (nSPS) is 20.1. The average molecular weight is 412 g/mol. The van der Waals surface area contributed by atoms with Gasteiger partial charge in [0.2, 0.25) is 5.88 Å². The number of ether oxygens (including phenoxy) is 4. The average Bonchev–Trinajstić information content (AvgIpc) is 2.69. The number of nitrogens with zero attached hydrogens (tertiary/aromatic N) is 1. The number of carbonyl (C=O) groups is 2. The number of rotatable bonds is 5. The topological polar surface area (TPSA) is 121 Å². The maximum absolute atomic E-state index is 13.0. The third kappa shape index (κ3) is 3.96. The fraction of sp³-hybridized carbons (Fsp3) is 0.409. The van der Waals surface area contributed by atoms with Gasteiger partial charge in [-0.25, -0.2) is 4.79 Å². The van der Waals surface area contributed by atoms with Crippen LogP contribution >= 0.6 is 0 Å². The van der Waals surface area contributed by atoms with Gasteiger partial charge in [-0.1, -0.05) is 19.9 Å². The number of hydrogen-bond acceptors (Lipinski definition) is 8. The van der Waals surface area contributed by atoms with Crippen LogP contribution in [0.1, 0.15) is 38.2 Å². The van der Waals surface area contributed by atoms with Gasteiger partial charge in [0.1, 0.15) is 17.4 Å². The van der Waals surface area contributed by atoms with Crippen molar-refractivity contribution in [2.24, 2.45) is 11.1 Å². The van der Waals surface area contributed by atoms with E-state index in [1.807, 2.05) is 13.8 Å². The highest BCUT2D eigenvalue weighted by atomic mass is 16.6. The van der Waals surface area contributed by atoms with Crippen molar-refractivity contribution in [1.82, 2.24) is 0 Å². The van der Waals surface area contributed by atoms with Crippen molar-refractivity contribution in [3.05, 3.63) is 46.6 Å². The van der Waals surface area contributed by atoms with Gasteiger partial charge in [0.05, 0.1) is 20.1 Å². The molecule has 1 unspecified atom stereocenters. The van der Waals surface area contributed by atoms with Gasteiger partial charge in [-0.3, -0.25) is 4.79 Å². The molecule has 0 fully saturated rings. The number of hydrogen-bond donors (Lipinski definition) is 1. The van der Waals surface area contributed by atoms with Crippen LogP contribution in [-0.4, -0.2) is 32.6 Å². The van der Waals surface area contributed by atoms with Crippen LogP contribution in [0.2, 0.25) is 0 Å². The molecule has 0 saturated heterocycles. The van der Waals surface area contributed by atoms with Crippen molar-refractivity contribution in [1.29, 1.82) is 5.26 Å². The quantitative estimate of drug-likeness (QED) is 0.733. The van der Waals surface area contributed by atoms with Gasteiger partial charge in [0.15, 0.2) is 23.9 Å². The Morgan fingerprint density at radius 2 is 2.03 bits per heavy atom. The van der Waals surface area contributed by atoms with E-state index in [1.165, 1.54) is 14.2 Å². The van der Waals surface area contributed by atoms with Crippen LogP contribution in [0.15, 0.2) is 41.0 Å². The molecule has 2 aliphatic rings. The molecule has 1 aromatic rings. The molecule has 8 heteroatoms. The van der Waals surface area contributed by atoms with Crippen LogP contribution in [0.3, 0.4) is 0 Å². The molecular weight excluding hydrogens is 388 g/mol. The Bertz CT molecular complexity index is 999. The number of ketones is 1. The van der Waals surface area contributed by atoms with Crippen LogP contribution in [0.5, 0.6) is 11.5 Å². The highest BCUT2D eigenvalue weighted by Gasteiger charge is 2.43. The molecule has 158 valence electrons. The van der Waals surface area contributed by atoms with Crippen molar-refractivity contribution < 1.29 is 28.5 Å². The van der Waals surface area contributed by atoms with E-state index < -0.39 is 11.9 Å². The molecule has 2 N–H and O–H groups in total. The standard InChI is InChI=1S/C22H24N2O6/c1-22(2)8-14(25)20-17(9-22)30-21(24)13(10-23)19(20)12-5-6-15(16(7-12)27-3)29-11-18(26)28-4/h5-7,19H,8-9,11,24H2,1-4H3. The molecule has 8 nitrogen and oxygen atoms in total. The first-order valence-corrected chi connectivity index (χ1v) is 9.42. The van der Waals surface area contributed by atoms with E-state index in [0.29, 0.717) is 41.2 Å². The second-order valence-corrected chi connectivity index (χ2v) is 7.98. The zero-order valence-corrected chi connectivity index (χ0v) is 17.4. The van der Waals surface area contributed by atoms with Crippen molar-refractivity contribution >= 4 is 11.8 Å². The van der Waals surface area contributed by atoms with E-state index in [4.69, 9.17) is 19.9 Å². The van der Waals surface area contributed by atoms with E-state index in [1.54, 1.807) is 18.2 Å². The van der Waals surface area contributed by atoms with Gasteiger partial charge in [0.25, 0.3) is 0 Å². The van der Waals surface area contributed by atoms with Gasteiger partial charge < -0.3 is 24.7 Å². The van der Waals surface area contributed by atoms with Crippen molar-refractivity contribution in [2.45, 2.75) is 32.6 Å². The Kier molecular flexibility index (Phi) is 5.74. The summed E-state index contributed by atoms with van der Waals surface area (Å²) in [6.07, 6.45) is 0.892. The summed E-state index contributed by atoms with van der Waals surface area (Å²) in [5.41, 5.74) is 7.04. The van der Waals surface area contributed by atoms with Crippen molar-refractivity contribution in [2.75, 3.05) is 20.8 Å². The van der Waals surface area contributed by atoms with Gasteiger partial charge in [-0.15, -0.1) is 0 Å². The summed E-state index contributed by atoms with van der Waals surface area (Å²) in [6.45, 7) is 3.70. The van der Waals surface area contributed by atoms with Crippen LogP contribution in [0.25, 0.3) is 0 Å². The number of Topliss-reactive ketones (excluding diaryl/α,β-unsaturated/α-hetero) is 1. The van der Waals surface area contributed by atoms with E-state index in [0.717, 1.165) is 0 Å². The molecule has 1 atom stereocenters. The number of carbonyl (C=O) groups excluding carboxylic acids is 2. The highest BCUT2D eigenvalue weighted by molar-refractivity contribution is 6.00. The lowest BCUT2D eigenvalue weighted by molar-refractivity contribution is -0.142. The molecule has 0 radical (unpaired) electrons. The molecule has 0 bridgehead atoms. The molecule has 0 spiro atoms. The van der Waals surface area contributed by atoms with Crippen molar-refractivity contribution in [3.63, 3.8) is 0 Å². The monoisotopic (exact) mass is 412 g/mol. The Hall–Kier alpha value is -3.47. The minimum absolute atomic E-state index is 0.00302. The molecule has 0 amide bonds. The Labute approximate surface area is 174 Å². The lowest BCUT2D eigenvalue weighted by Gasteiger charge is -2.37. The van der Waals surface area contributed by atoms with Crippen molar-refractivity contribution in [3.8, 4) is 17.6 Å². The highest BCUT2D eigenvalue weighted by Crippen LogP contribution is 2.48. The molecular formula is C22H24N2O6. The molecule has 1 heterocycles. The SMILES string of the molecule is COC(=O)COc1ccc(C2C(C#N)=C(N)OC3=C2C(=O)CC(C)(C)C3)cc1OC. The van der Waals surface area contributed by atoms with Crippen LogP contribution in [0, 0.1) is 16.7 Å². The summed E-state index contributed by atoms with van der Waals surface area (Å²) in [4.78, 5) is 24.4. The largest absolute Gasteiger partial charge is 0.493 e. The third-order valence-corrected chi connectivity index (χ3v) is 5.17. The summed E-state index contributed by atoms with van der Waals surface area (Å²) in [5, 5.41) is 9.72. The predicted octanol–water partition coefficient (Wildman–Crippen LogP) is 2.70. The fourth-order valence-corrected chi connectivity index (χ4v) is 3.80. The second-order valence-electron chi connectivity index (χ2n) is 7.98. The summed E-state index contributed by atoms with van der Waals surface area (Å²) in [5.74, 6) is -0.0796. The summed E-state index contributed by atoms with van der Waals surface area (Å²) in [6, 6.07) is 7.09. The summed E-state index contributed by atoms with van der Waals surface area (Å²) in [7, 11) is 2.73. The van der Waals surface area contributed by atoms with Gasteiger partial charge in [-0.05, 0) is 23.1 Å². The van der Waals surface area contributed by atoms with Gasteiger partial charge in [-0.2, -0.15) is 5.26 Å².